The van der Waals surface area contributed by atoms with Crippen molar-refractivity contribution in [2.24, 2.45) is 0 Å². The third-order valence-electron chi connectivity index (χ3n) is 2.82. The average Bonchev–Trinajstić information content (AvgIpc) is 2.81. The molecule has 0 aliphatic rings. The molecule has 0 aliphatic carbocycles. The zero-order chi connectivity index (χ0) is 13.7. The van der Waals surface area contributed by atoms with Crippen molar-refractivity contribution in [1.29, 1.82) is 0 Å². The Morgan fingerprint density at radius 2 is 2.05 bits per heavy atom. The van der Waals surface area contributed by atoms with Gasteiger partial charge in [0.2, 0.25) is 0 Å². The molecule has 0 unspecified atom stereocenters. The first kappa shape index (κ1) is 13.8. The van der Waals surface area contributed by atoms with Crippen molar-refractivity contribution in [2.75, 3.05) is 30.3 Å². The first-order valence-electron chi connectivity index (χ1n) is 6.29. The number of pyridine rings is 1. The first-order valence-corrected chi connectivity index (χ1v) is 7.06. The van der Waals surface area contributed by atoms with Gasteiger partial charge in [0.05, 0.1) is 12.2 Å². The number of nitrogens with two attached hydrogens (primary N) is 1. The molecule has 0 radical (unpaired) electrons. The summed E-state index contributed by atoms with van der Waals surface area (Å²) < 4.78 is 4.25. The Balaban J connectivity index is 2.41. The number of aliphatic hydroxyl groups excluding tert-OH is 1. The fourth-order valence-electron chi connectivity index (χ4n) is 2.00. The molecule has 2 heterocycles. The van der Waals surface area contributed by atoms with Gasteiger partial charge in [-0.25, -0.2) is 0 Å². The quantitative estimate of drug-likeness (QED) is 0.845. The van der Waals surface area contributed by atoms with E-state index in [2.05, 4.69) is 21.2 Å². The van der Waals surface area contributed by atoms with E-state index in [4.69, 9.17) is 5.73 Å². The van der Waals surface area contributed by atoms with Crippen LogP contribution in [0.25, 0.3) is 11.1 Å². The maximum atomic E-state index is 9.19. The summed E-state index contributed by atoms with van der Waals surface area (Å²) in [7, 11) is 0. The van der Waals surface area contributed by atoms with Crippen LogP contribution in [0.3, 0.4) is 0 Å². The average molecular weight is 278 g/mol. The molecule has 2 rings (SSSR count). The van der Waals surface area contributed by atoms with Crippen LogP contribution in [0, 0.1) is 0 Å². The molecule has 0 fully saturated rings. The van der Waals surface area contributed by atoms with E-state index in [1.54, 1.807) is 12.4 Å². The van der Waals surface area contributed by atoms with Gasteiger partial charge in [-0.1, -0.05) is 6.92 Å². The molecule has 0 aromatic carbocycles. The van der Waals surface area contributed by atoms with E-state index in [1.165, 1.54) is 11.5 Å². The molecule has 3 N–H and O–H groups in total. The summed E-state index contributed by atoms with van der Waals surface area (Å²) in [4.78, 5) is 6.15. The standard InChI is InChI=1S/C13H18N4OS/c1-2-7-17(8-9-18)13-11(12(14)16-19-13)10-3-5-15-6-4-10/h3-6,18H,2,7-9H2,1H3,(H2,14,16). The minimum atomic E-state index is 0.119. The predicted molar refractivity (Wildman–Crippen MR) is 79.3 cm³/mol. The smallest absolute Gasteiger partial charge is 0.147 e. The van der Waals surface area contributed by atoms with Crippen LogP contribution >= 0.6 is 11.5 Å². The molecule has 0 saturated carbocycles. The highest BCUT2D eigenvalue weighted by Crippen LogP contribution is 2.38. The molecule has 2 aromatic rings. The van der Waals surface area contributed by atoms with Crippen molar-refractivity contribution in [3.05, 3.63) is 24.5 Å². The van der Waals surface area contributed by atoms with E-state index in [1.807, 2.05) is 12.1 Å². The van der Waals surface area contributed by atoms with Crippen LogP contribution < -0.4 is 10.6 Å². The summed E-state index contributed by atoms with van der Waals surface area (Å²) >= 11 is 1.38. The van der Waals surface area contributed by atoms with Gasteiger partial charge in [-0.15, -0.1) is 0 Å². The molecular weight excluding hydrogens is 260 g/mol. The predicted octanol–water partition coefficient (Wildman–Crippen LogP) is 2.00. The minimum Gasteiger partial charge on any atom is -0.395 e. The lowest BCUT2D eigenvalue weighted by Gasteiger charge is -2.22. The number of nitrogen functional groups attached to an aromatic ring is 1. The van der Waals surface area contributed by atoms with Crippen LogP contribution in [-0.4, -0.2) is 34.2 Å². The van der Waals surface area contributed by atoms with Crippen LogP contribution in [0.5, 0.6) is 0 Å². The Bertz CT molecular complexity index is 509. The van der Waals surface area contributed by atoms with Crippen molar-refractivity contribution >= 4 is 22.4 Å². The summed E-state index contributed by atoms with van der Waals surface area (Å²) in [6, 6.07) is 3.85. The highest BCUT2D eigenvalue weighted by Gasteiger charge is 2.18. The number of hydrogen-bond donors (Lipinski definition) is 2. The van der Waals surface area contributed by atoms with E-state index < -0.39 is 0 Å². The molecule has 19 heavy (non-hydrogen) atoms. The third kappa shape index (κ3) is 3.02. The molecule has 5 nitrogen and oxygen atoms in total. The van der Waals surface area contributed by atoms with Gasteiger partial charge in [0.25, 0.3) is 0 Å². The zero-order valence-corrected chi connectivity index (χ0v) is 11.7. The summed E-state index contributed by atoms with van der Waals surface area (Å²) in [5, 5.41) is 10.2. The highest BCUT2D eigenvalue weighted by atomic mass is 32.1. The van der Waals surface area contributed by atoms with Gasteiger partial charge in [0, 0.05) is 25.5 Å². The number of aromatic nitrogens is 2. The lowest BCUT2D eigenvalue weighted by Crippen LogP contribution is -2.27. The molecule has 0 spiro atoms. The molecular formula is C13H18N4OS. The van der Waals surface area contributed by atoms with E-state index >= 15 is 0 Å². The molecule has 0 saturated heterocycles. The SMILES string of the molecule is CCCN(CCO)c1snc(N)c1-c1ccncc1. The minimum absolute atomic E-state index is 0.119. The van der Waals surface area contributed by atoms with Crippen LogP contribution in [0.1, 0.15) is 13.3 Å². The Morgan fingerprint density at radius 3 is 2.68 bits per heavy atom. The number of rotatable bonds is 6. The maximum Gasteiger partial charge on any atom is 0.147 e. The maximum absolute atomic E-state index is 9.19. The second-order valence-electron chi connectivity index (χ2n) is 4.19. The topological polar surface area (TPSA) is 75.3 Å². The van der Waals surface area contributed by atoms with Gasteiger partial charge in [-0.2, -0.15) is 4.37 Å². The number of nitrogens with zero attached hydrogens (tertiary/aromatic N) is 3. The fourth-order valence-corrected chi connectivity index (χ4v) is 2.89. The van der Waals surface area contributed by atoms with Crippen molar-refractivity contribution in [2.45, 2.75) is 13.3 Å². The summed E-state index contributed by atoms with van der Waals surface area (Å²) in [6.07, 6.45) is 4.49. The molecule has 0 bridgehead atoms. The van der Waals surface area contributed by atoms with E-state index in [-0.39, 0.29) is 6.61 Å². The molecule has 0 atom stereocenters. The number of anilines is 2. The van der Waals surface area contributed by atoms with Gasteiger partial charge in [-0.3, -0.25) is 4.98 Å². The van der Waals surface area contributed by atoms with E-state index in [0.717, 1.165) is 29.1 Å². The Hall–Kier alpha value is -1.66. The summed E-state index contributed by atoms with van der Waals surface area (Å²) in [5.41, 5.74) is 7.94. The van der Waals surface area contributed by atoms with Gasteiger partial charge in [-0.05, 0) is 35.6 Å². The van der Waals surface area contributed by atoms with Crippen molar-refractivity contribution in [1.82, 2.24) is 9.36 Å². The third-order valence-corrected chi connectivity index (χ3v) is 3.74. The van der Waals surface area contributed by atoms with Crippen LogP contribution in [0.4, 0.5) is 10.8 Å². The van der Waals surface area contributed by atoms with Crippen molar-refractivity contribution < 1.29 is 5.11 Å². The Morgan fingerprint density at radius 1 is 1.32 bits per heavy atom. The van der Waals surface area contributed by atoms with Crippen molar-refractivity contribution in [3.63, 3.8) is 0 Å². The monoisotopic (exact) mass is 278 g/mol. The molecule has 102 valence electrons. The number of hydrogen-bond acceptors (Lipinski definition) is 6. The lowest BCUT2D eigenvalue weighted by atomic mass is 10.1. The highest BCUT2D eigenvalue weighted by molar-refractivity contribution is 7.11. The number of aliphatic hydroxyl groups is 1. The molecule has 0 amide bonds. The van der Waals surface area contributed by atoms with Crippen LogP contribution in [0.2, 0.25) is 0 Å². The molecule has 6 heteroatoms. The lowest BCUT2D eigenvalue weighted by molar-refractivity contribution is 0.302. The van der Waals surface area contributed by atoms with E-state index in [9.17, 15) is 5.11 Å². The van der Waals surface area contributed by atoms with Gasteiger partial charge in [0.1, 0.15) is 10.8 Å². The summed E-state index contributed by atoms with van der Waals surface area (Å²) in [6.45, 7) is 3.70. The second-order valence-corrected chi connectivity index (χ2v) is 4.95. The molecule has 0 aliphatic heterocycles. The summed E-state index contributed by atoms with van der Waals surface area (Å²) in [5.74, 6) is 0.533. The normalized spacial score (nSPS) is 10.6. The second kappa shape index (κ2) is 6.49. The Kier molecular flexibility index (Phi) is 4.70. The van der Waals surface area contributed by atoms with Crippen LogP contribution in [-0.2, 0) is 0 Å². The molecule has 2 aromatic heterocycles. The first-order chi connectivity index (χ1) is 9.27. The fraction of sp³-hybridized carbons (Fsp3) is 0.385. The Labute approximate surface area is 116 Å². The van der Waals surface area contributed by atoms with Gasteiger partial charge in [0.15, 0.2) is 0 Å². The van der Waals surface area contributed by atoms with Crippen molar-refractivity contribution in [3.8, 4) is 11.1 Å². The van der Waals surface area contributed by atoms with E-state index in [0.29, 0.717) is 12.4 Å². The van der Waals surface area contributed by atoms with Crippen LogP contribution in [0.15, 0.2) is 24.5 Å². The van der Waals surface area contributed by atoms with Gasteiger partial charge >= 0.3 is 0 Å². The zero-order valence-electron chi connectivity index (χ0n) is 10.9. The largest absolute Gasteiger partial charge is 0.395 e. The van der Waals surface area contributed by atoms with Gasteiger partial charge < -0.3 is 15.7 Å².